The number of aromatic nitrogens is 1. The molecule has 1 rings (SSSR count). The molecule has 4 N–H and O–H groups in total. The molecule has 72 valence electrons. The third-order valence-electron chi connectivity index (χ3n) is 1.31. The number of amides is 1. The molecule has 5 nitrogen and oxygen atoms in total. The predicted octanol–water partition coefficient (Wildman–Crippen LogP) is 0.508. The number of nitrogens with zero attached hydrogens (tertiary/aromatic N) is 1. The molecule has 14 heavy (non-hydrogen) atoms. The van der Waals surface area contributed by atoms with Gasteiger partial charge in [0, 0.05) is 11.6 Å². The second kappa shape index (κ2) is 4.36. The van der Waals surface area contributed by atoms with Gasteiger partial charge in [0.2, 0.25) is 0 Å². The van der Waals surface area contributed by atoms with E-state index in [2.05, 4.69) is 22.6 Å². The summed E-state index contributed by atoms with van der Waals surface area (Å²) >= 11 is 1.18. The van der Waals surface area contributed by atoms with Crippen LogP contribution >= 0.6 is 11.3 Å². The Morgan fingerprint density at radius 3 is 3.07 bits per heavy atom. The summed E-state index contributed by atoms with van der Waals surface area (Å²) in [6.45, 7) is 3.27. The van der Waals surface area contributed by atoms with E-state index in [1.807, 2.05) is 0 Å². The lowest BCUT2D eigenvalue weighted by Gasteiger charge is -1.97. The van der Waals surface area contributed by atoms with Crippen LogP contribution in [0.25, 0.3) is 0 Å². The molecule has 6 heteroatoms. The van der Waals surface area contributed by atoms with Crippen molar-refractivity contribution in [1.82, 2.24) is 10.3 Å². The maximum absolute atomic E-state index is 11.2. The highest BCUT2D eigenvalue weighted by Crippen LogP contribution is 2.11. The minimum atomic E-state index is -0.563. The minimum Gasteiger partial charge on any atom is -0.375 e. The number of nitrogens with one attached hydrogen (secondary N) is 2. The van der Waals surface area contributed by atoms with E-state index < -0.39 is 5.91 Å². The van der Waals surface area contributed by atoms with Crippen LogP contribution in [0.4, 0.5) is 5.13 Å². The number of hydrogen-bond donors (Lipinski definition) is 3. The van der Waals surface area contributed by atoms with Gasteiger partial charge in [0.1, 0.15) is 11.4 Å². The number of carbonyl (C=O) groups is 1. The predicted molar refractivity (Wildman–Crippen MR) is 55.2 cm³/mol. The Morgan fingerprint density at radius 2 is 2.57 bits per heavy atom. The Hall–Kier alpha value is -1.91. The first-order chi connectivity index (χ1) is 6.65. The molecule has 0 saturated carbocycles. The van der Waals surface area contributed by atoms with Crippen LogP contribution in [-0.4, -0.2) is 16.6 Å². The molecule has 0 fully saturated rings. The Kier molecular flexibility index (Phi) is 3.17. The van der Waals surface area contributed by atoms with Crippen LogP contribution in [0.3, 0.4) is 0 Å². The number of nitrogens with two attached hydrogens (primary N) is 1. The van der Waals surface area contributed by atoms with Gasteiger partial charge in [-0.3, -0.25) is 10.2 Å². The molecule has 0 unspecified atom stereocenters. The van der Waals surface area contributed by atoms with Crippen LogP contribution in [0.5, 0.6) is 0 Å². The highest BCUT2D eigenvalue weighted by atomic mass is 32.1. The van der Waals surface area contributed by atoms with Crippen molar-refractivity contribution < 1.29 is 4.79 Å². The largest absolute Gasteiger partial charge is 0.375 e. The molecule has 0 aliphatic heterocycles. The summed E-state index contributed by atoms with van der Waals surface area (Å²) < 4.78 is 0. The third-order valence-corrected chi connectivity index (χ3v) is 1.98. The fraction of sp³-hybridized carbons (Fsp3) is 0. The van der Waals surface area contributed by atoms with Crippen molar-refractivity contribution in [1.29, 1.82) is 5.41 Å². The van der Waals surface area contributed by atoms with E-state index in [0.717, 1.165) is 0 Å². The van der Waals surface area contributed by atoms with Crippen LogP contribution in [0.2, 0.25) is 0 Å². The van der Waals surface area contributed by atoms with Crippen molar-refractivity contribution in [3.05, 3.63) is 29.6 Å². The first-order valence-electron chi connectivity index (χ1n) is 3.60. The monoisotopic (exact) mass is 208 g/mol. The molecule has 0 aromatic carbocycles. The van der Waals surface area contributed by atoms with Crippen molar-refractivity contribution >= 4 is 28.1 Å². The van der Waals surface area contributed by atoms with Gasteiger partial charge in [0.15, 0.2) is 5.13 Å². The van der Waals surface area contributed by atoms with Gasteiger partial charge in [-0.1, -0.05) is 6.58 Å². The van der Waals surface area contributed by atoms with Gasteiger partial charge in [-0.15, -0.1) is 17.1 Å². The van der Waals surface area contributed by atoms with Gasteiger partial charge in [-0.05, 0) is 0 Å². The summed E-state index contributed by atoms with van der Waals surface area (Å²) in [5.74, 6) is -0.563. The Bertz CT molecular complexity index is 417. The number of rotatable bonds is 3. The normalized spacial score (nSPS) is 8.86. The Morgan fingerprint density at radius 1 is 1.86 bits per heavy atom. The molecule has 0 bridgehead atoms. The summed E-state index contributed by atoms with van der Waals surface area (Å²) in [5.41, 5.74) is 7.76. The topological polar surface area (TPSA) is 91.9 Å². The number of hydrogen-bond acceptors (Lipinski definition) is 5. The number of anilines is 1. The van der Waals surface area contributed by atoms with Crippen molar-refractivity contribution in [2.75, 3.05) is 5.73 Å². The van der Waals surface area contributed by atoms with E-state index in [0.29, 0.717) is 5.13 Å². The molecule has 1 aromatic heterocycles. The lowest BCUT2D eigenvalue weighted by atomic mass is 10.3. The molecule has 0 radical (unpaired) electrons. The molecule has 1 aromatic rings. The average molecular weight is 208 g/mol. The van der Waals surface area contributed by atoms with Gasteiger partial charge >= 0.3 is 0 Å². The fourth-order valence-corrected chi connectivity index (χ4v) is 1.26. The first-order valence-corrected chi connectivity index (χ1v) is 4.48. The molecular formula is C8H8N4OS. The van der Waals surface area contributed by atoms with Gasteiger partial charge in [-0.25, -0.2) is 4.98 Å². The third kappa shape index (κ3) is 2.29. The van der Waals surface area contributed by atoms with Crippen molar-refractivity contribution in [2.45, 2.75) is 0 Å². The maximum Gasteiger partial charge on any atom is 0.275 e. The zero-order valence-corrected chi connectivity index (χ0v) is 8.02. The molecule has 0 aliphatic carbocycles. The van der Waals surface area contributed by atoms with Gasteiger partial charge in [0.25, 0.3) is 5.91 Å². The van der Waals surface area contributed by atoms with Gasteiger partial charge in [0.05, 0.1) is 0 Å². The van der Waals surface area contributed by atoms with Crippen molar-refractivity contribution in [3.8, 4) is 0 Å². The fourth-order valence-electron chi connectivity index (χ4n) is 0.708. The second-order valence-corrected chi connectivity index (χ2v) is 3.16. The highest BCUT2D eigenvalue weighted by molar-refractivity contribution is 7.13. The smallest absolute Gasteiger partial charge is 0.275 e. The molecule has 0 atom stereocenters. The molecule has 1 heterocycles. The Labute approximate surface area is 84.5 Å². The molecule has 1 amide bonds. The standard InChI is InChI=1S/C8H8N4OS/c1-2-3-11-7(13)6(9)5-4-14-8(10)12-5/h3-4,9H,1H2,(H2,10,12)(H,11,13). The van der Waals surface area contributed by atoms with Gasteiger partial charge < -0.3 is 11.1 Å². The zero-order chi connectivity index (χ0) is 10.6. The maximum atomic E-state index is 11.2. The van der Waals surface area contributed by atoms with Crippen molar-refractivity contribution in [2.24, 2.45) is 0 Å². The SMILES string of the molecule is C=C=CNC(=O)C(=N)c1csc(N)n1. The van der Waals surface area contributed by atoms with E-state index in [4.69, 9.17) is 11.1 Å². The summed E-state index contributed by atoms with van der Waals surface area (Å²) in [6, 6.07) is 0. The molecule has 0 aliphatic rings. The number of nitrogen functional groups attached to an aromatic ring is 1. The molecule has 0 saturated heterocycles. The van der Waals surface area contributed by atoms with E-state index >= 15 is 0 Å². The molecule has 0 spiro atoms. The van der Waals surface area contributed by atoms with Gasteiger partial charge in [-0.2, -0.15) is 0 Å². The first kappa shape index (κ1) is 10.2. The summed E-state index contributed by atoms with van der Waals surface area (Å²) in [4.78, 5) is 15.0. The Balaban J connectivity index is 2.75. The highest BCUT2D eigenvalue weighted by Gasteiger charge is 2.13. The van der Waals surface area contributed by atoms with Crippen LogP contribution in [0, 0.1) is 5.41 Å². The number of carbonyl (C=O) groups excluding carboxylic acids is 1. The van der Waals surface area contributed by atoms with E-state index in [-0.39, 0.29) is 11.4 Å². The van der Waals surface area contributed by atoms with Crippen LogP contribution in [-0.2, 0) is 4.79 Å². The quantitative estimate of drug-likeness (QED) is 0.499. The van der Waals surface area contributed by atoms with E-state index in [1.54, 1.807) is 5.38 Å². The van der Waals surface area contributed by atoms with Crippen LogP contribution < -0.4 is 11.1 Å². The number of thiazole rings is 1. The summed E-state index contributed by atoms with van der Waals surface area (Å²) in [7, 11) is 0. The van der Waals surface area contributed by atoms with Crippen LogP contribution in [0.15, 0.2) is 23.9 Å². The lowest BCUT2D eigenvalue weighted by Crippen LogP contribution is -2.26. The minimum absolute atomic E-state index is 0.232. The zero-order valence-electron chi connectivity index (χ0n) is 7.20. The van der Waals surface area contributed by atoms with Crippen LogP contribution in [0.1, 0.15) is 5.69 Å². The molecular weight excluding hydrogens is 200 g/mol. The lowest BCUT2D eigenvalue weighted by molar-refractivity contribution is -0.113. The average Bonchev–Trinajstić information content (AvgIpc) is 2.60. The van der Waals surface area contributed by atoms with E-state index in [1.165, 1.54) is 17.5 Å². The summed E-state index contributed by atoms with van der Waals surface area (Å²) in [6.07, 6.45) is 1.23. The van der Waals surface area contributed by atoms with Crippen molar-refractivity contribution in [3.63, 3.8) is 0 Å². The summed E-state index contributed by atoms with van der Waals surface area (Å²) in [5, 5.41) is 11.6. The second-order valence-electron chi connectivity index (χ2n) is 2.27. The van der Waals surface area contributed by atoms with E-state index in [9.17, 15) is 4.79 Å².